The summed E-state index contributed by atoms with van der Waals surface area (Å²) >= 11 is 0. The summed E-state index contributed by atoms with van der Waals surface area (Å²) in [5.74, 6) is -0.0139. The highest BCUT2D eigenvalue weighted by Gasteiger charge is 2.27. The molecule has 146 valence electrons. The first-order valence-electron chi connectivity index (χ1n) is 8.60. The summed E-state index contributed by atoms with van der Waals surface area (Å²) in [6.45, 7) is 4.08. The van der Waals surface area contributed by atoms with Gasteiger partial charge in [-0.1, -0.05) is 18.2 Å². The molecule has 0 spiro atoms. The van der Waals surface area contributed by atoms with Gasteiger partial charge in [0.1, 0.15) is 11.9 Å². The Morgan fingerprint density at radius 2 is 2.08 bits per heavy atom. The lowest BCUT2D eigenvalue weighted by Crippen LogP contribution is -2.46. The highest BCUT2D eigenvalue weighted by atomic mass is 127. The number of guanidine groups is 1. The molecule has 26 heavy (non-hydrogen) atoms. The number of piperidine rings is 1. The molecule has 2 rings (SSSR count). The molecule has 1 saturated heterocycles. The molecule has 0 aromatic heterocycles. The van der Waals surface area contributed by atoms with E-state index in [2.05, 4.69) is 15.2 Å². The number of halogens is 2. The number of likely N-dealkylation sites (tertiary alicyclic amines) is 1. The van der Waals surface area contributed by atoms with Crippen molar-refractivity contribution in [2.45, 2.75) is 25.9 Å². The number of rotatable bonds is 5. The predicted octanol–water partition coefficient (Wildman–Crippen LogP) is 2.33. The highest BCUT2D eigenvalue weighted by molar-refractivity contribution is 14.0. The number of ether oxygens (including phenoxy) is 1. The summed E-state index contributed by atoms with van der Waals surface area (Å²) in [4.78, 5) is 18.1. The van der Waals surface area contributed by atoms with E-state index >= 15 is 0 Å². The van der Waals surface area contributed by atoms with E-state index in [0.29, 0.717) is 38.4 Å². The van der Waals surface area contributed by atoms with Crippen LogP contribution in [-0.2, 0) is 9.53 Å². The minimum Gasteiger partial charge on any atom is -0.469 e. The Morgan fingerprint density at radius 1 is 1.42 bits per heavy atom. The van der Waals surface area contributed by atoms with E-state index in [1.165, 1.54) is 13.2 Å². The third-order valence-corrected chi connectivity index (χ3v) is 4.34. The molecule has 0 saturated carbocycles. The molecule has 2 N–H and O–H groups in total. The second-order valence-corrected chi connectivity index (χ2v) is 6.02. The Balaban J connectivity index is 0.00000338. The Bertz CT molecular complexity index is 607. The van der Waals surface area contributed by atoms with Crippen molar-refractivity contribution in [1.82, 2.24) is 10.2 Å². The normalized spacial score (nSPS) is 16.6. The topological polar surface area (TPSA) is 74.2 Å². The molecule has 8 heteroatoms. The third kappa shape index (κ3) is 6.08. The lowest BCUT2D eigenvalue weighted by Gasteiger charge is -2.33. The molecule has 0 amide bonds. The number of nitrogens with one attached hydrogen (secondary N) is 1. The molecule has 1 atom stereocenters. The second kappa shape index (κ2) is 11.3. The van der Waals surface area contributed by atoms with Gasteiger partial charge in [0.2, 0.25) is 0 Å². The van der Waals surface area contributed by atoms with E-state index < -0.39 is 11.9 Å². The van der Waals surface area contributed by atoms with Gasteiger partial charge in [-0.05, 0) is 25.8 Å². The SMILES string of the molecule is CCNC(=NCC(O)c1ccccc1F)N1CCC(C(=O)OC)CC1.I. The fourth-order valence-corrected chi connectivity index (χ4v) is 2.94. The van der Waals surface area contributed by atoms with Gasteiger partial charge in [-0.25, -0.2) is 4.39 Å². The summed E-state index contributed by atoms with van der Waals surface area (Å²) in [5.41, 5.74) is 0.242. The van der Waals surface area contributed by atoms with Gasteiger partial charge < -0.3 is 20.1 Å². The number of hydrogen-bond acceptors (Lipinski definition) is 4. The molecular formula is C18H27FIN3O3. The van der Waals surface area contributed by atoms with Crippen molar-refractivity contribution < 1.29 is 19.0 Å². The first kappa shape index (κ1) is 22.6. The first-order valence-corrected chi connectivity index (χ1v) is 8.60. The van der Waals surface area contributed by atoms with Gasteiger partial charge in [-0.3, -0.25) is 9.79 Å². The van der Waals surface area contributed by atoms with Crippen molar-refractivity contribution in [1.29, 1.82) is 0 Å². The highest BCUT2D eigenvalue weighted by Crippen LogP contribution is 2.20. The number of benzene rings is 1. The zero-order chi connectivity index (χ0) is 18.2. The molecule has 1 aromatic carbocycles. The Kier molecular flexibility index (Phi) is 9.85. The smallest absolute Gasteiger partial charge is 0.308 e. The van der Waals surface area contributed by atoms with E-state index in [4.69, 9.17) is 4.74 Å². The van der Waals surface area contributed by atoms with Crippen LogP contribution in [0.4, 0.5) is 4.39 Å². The number of carbonyl (C=O) groups is 1. The summed E-state index contributed by atoms with van der Waals surface area (Å²) in [6.07, 6.45) is 0.405. The van der Waals surface area contributed by atoms with Gasteiger partial charge in [0.05, 0.1) is 19.6 Å². The van der Waals surface area contributed by atoms with Crippen LogP contribution in [0.25, 0.3) is 0 Å². The molecule has 0 radical (unpaired) electrons. The lowest BCUT2D eigenvalue weighted by atomic mass is 9.97. The van der Waals surface area contributed by atoms with E-state index in [1.807, 2.05) is 6.92 Å². The van der Waals surface area contributed by atoms with Crippen LogP contribution in [-0.4, -0.2) is 55.2 Å². The number of aliphatic imine (C=N–C) groups is 1. The standard InChI is InChI=1S/C18H26FN3O3.HI/c1-3-20-18(22-10-8-13(9-11-22)17(24)25-2)21-12-16(23)14-6-4-5-7-15(14)19;/h4-7,13,16,23H,3,8-12H2,1-2H3,(H,20,21);1H. The number of esters is 1. The molecule has 1 aromatic rings. The molecule has 0 bridgehead atoms. The third-order valence-electron chi connectivity index (χ3n) is 4.34. The van der Waals surface area contributed by atoms with Gasteiger partial charge in [0.25, 0.3) is 0 Å². The van der Waals surface area contributed by atoms with Crippen LogP contribution in [0.15, 0.2) is 29.3 Å². The zero-order valence-electron chi connectivity index (χ0n) is 15.2. The average Bonchev–Trinajstić information content (AvgIpc) is 2.64. The van der Waals surface area contributed by atoms with E-state index in [9.17, 15) is 14.3 Å². The summed E-state index contributed by atoms with van der Waals surface area (Å²) in [5, 5.41) is 13.4. The second-order valence-electron chi connectivity index (χ2n) is 6.02. The van der Waals surface area contributed by atoms with Crippen molar-refractivity contribution in [3.05, 3.63) is 35.6 Å². The summed E-state index contributed by atoms with van der Waals surface area (Å²) in [6, 6.07) is 6.16. The predicted molar refractivity (Wildman–Crippen MR) is 109 cm³/mol. The molecule has 6 nitrogen and oxygen atoms in total. The maximum Gasteiger partial charge on any atom is 0.308 e. The van der Waals surface area contributed by atoms with Gasteiger partial charge in [-0.2, -0.15) is 0 Å². The molecule has 1 fully saturated rings. The number of carbonyl (C=O) groups excluding carboxylic acids is 1. The number of hydrogen-bond donors (Lipinski definition) is 2. The van der Waals surface area contributed by atoms with Gasteiger partial charge >= 0.3 is 5.97 Å². The number of nitrogens with zero attached hydrogens (tertiary/aromatic N) is 2. The minimum atomic E-state index is -0.998. The van der Waals surface area contributed by atoms with Crippen molar-refractivity contribution in [2.24, 2.45) is 10.9 Å². The Morgan fingerprint density at radius 3 is 2.65 bits per heavy atom. The van der Waals surface area contributed by atoms with Gasteiger partial charge in [0.15, 0.2) is 5.96 Å². The van der Waals surface area contributed by atoms with Crippen LogP contribution in [0.1, 0.15) is 31.4 Å². The average molecular weight is 479 g/mol. The molecule has 1 aliphatic rings. The van der Waals surface area contributed by atoms with Crippen molar-refractivity contribution in [3.8, 4) is 0 Å². The van der Waals surface area contributed by atoms with Crippen LogP contribution in [0.3, 0.4) is 0 Å². The summed E-state index contributed by atoms with van der Waals surface area (Å²) in [7, 11) is 1.41. The van der Waals surface area contributed by atoms with Gasteiger partial charge in [-0.15, -0.1) is 24.0 Å². The molecule has 1 heterocycles. The van der Waals surface area contributed by atoms with Crippen molar-refractivity contribution in [2.75, 3.05) is 33.3 Å². The fraction of sp³-hybridized carbons (Fsp3) is 0.556. The molecular weight excluding hydrogens is 452 g/mol. The Labute approximate surface area is 170 Å². The minimum absolute atomic E-state index is 0. The first-order chi connectivity index (χ1) is 12.1. The molecule has 1 aliphatic heterocycles. The van der Waals surface area contributed by atoms with Crippen LogP contribution < -0.4 is 5.32 Å². The maximum absolute atomic E-state index is 13.7. The quantitative estimate of drug-likeness (QED) is 0.294. The van der Waals surface area contributed by atoms with E-state index in [0.717, 1.165) is 0 Å². The zero-order valence-corrected chi connectivity index (χ0v) is 17.5. The van der Waals surface area contributed by atoms with E-state index in [1.54, 1.807) is 18.2 Å². The Hall–Kier alpha value is -1.42. The summed E-state index contributed by atoms with van der Waals surface area (Å²) < 4.78 is 18.5. The maximum atomic E-state index is 13.7. The fourth-order valence-electron chi connectivity index (χ4n) is 2.94. The van der Waals surface area contributed by atoms with Crippen LogP contribution >= 0.6 is 24.0 Å². The molecule has 0 aliphatic carbocycles. The number of aliphatic hydroxyl groups is 1. The number of aliphatic hydroxyl groups excluding tert-OH is 1. The van der Waals surface area contributed by atoms with Gasteiger partial charge in [0, 0.05) is 25.2 Å². The monoisotopic (exact) mass is 479 g/mol. The number of methoxy groups -OCH3 is 1. The van der Waals surface area contributed by atoms with Crippen LogP contribution in [0.2, 0.25) is 0 Å². The molecule has 1 unspecified atom stereocenters. The van der Waals surface area contributed by atoms with Crippen LogP contribution in [0.5, 0.6) is 0 Å². The van der Waals surface area contributed by atoms with Crippen molar-refractivity contribution in [3.63, 3.8) is 0 Å². The van der Waals surface area contributed by atoms with Crippen molar-refractivity contribution >= 4 is 35.9 Å². The lowest BCUT2D eigenvalue weighted by molar-refractivity contribution is -0.146. The van der Waals surface area contributed by atoms with E-state index in [-0.39, 0.29) is 48.0 Å². The largest absolute Gasteiger partial charge is 0.469 e. The van der Waals surface area contributed by atoms with Crippen LogP contribution in [0, 0.1) is 11.7 Å².